The number of hydrogen-bond donors (Lipinski definition) is 1. The minimum Gasteiger partial charge on any atom is -0.381 e. The van der Waals surface area contributed by atoms with Gasteiger partial charge in [0, 0.05) is 25.0 Å². The van der Waals surface area contributed by atoms with Crippen molar-refractivity contribution in [2.45, 2.75) is 39.2 Å². The van der Waals surface area contributed by atoms with Crippen molar-refractivity contribution in [1.29, 1.82) is 0 Å². The Morgan fingerprint density at radius 1 is 1.50 bits per heavy atom. The molecule has 0 spiro atoms. The van der Waals surface area contributed by atoms with Crippen LogP contribution in [0, 0.1) is 0 Å². The topological polar surface area (TPSA) is 50.7 Å². The van der Waals surface area contributed by atoms with E-state index in [-0.39, 0.29) is 12.1 Å². The summed E-state index contributed by atoms with van der Waals surface area (Å²) in [6, 6.07) is 0.0286. The fraction of sp³-hybridized carbons (Fsp3) is 0.800. The normalized spacial score (nSPS) is 19.4. The van der Waals surface area contributed by atoms with Crippen LogP contribution >= 0.6 is 0 Å². The Morgan fingerprint density at radius 2 is 2.14 bits per heavy atom. The lowest BCUT2D eigenvalue weighted by Crippen LogP contribution is -2.37. The minimum absolute atomic E-state index is 0.212. The van der Waals surface area contributed by atoms with Crippen LogP contribution in [0.15, 0.2) is 4.99 Å². The van der Waals surface area contributed by atoms with Crippen molar-refractivity contribution < 1.29 is 9.53 Å². The number of carbonyl (C=O) groups is 1. The second-order valence-electron chi connectivity index (χ2n) is 3.54. The highest BCUT2D eigenvalue weighted by atomic mass is 16.5. The zero-order chi connectivity index (χ0) is 10.4. The number of aliphatic imine (C=N–C) groups is 1. The molecule has 0 aromatic heterocycles. The number of carbonyl (C=O) groups excluding carboxylic acids is 1. The molecule has 1 rings (SSSR count). The van der Waals surface area contributed by atoms with Gasteiger partial charge in [0.05, 0.1) is 0 Å². The third-order valence-electron chi connectivity index (χ3n) is 2.35. The van der Waals surface area contributed by atoms with E-state index in [1.807, 2.05) is 13.8 Å². The van der Waals surface area contributed by atoms with Crippen LogP contribution in [0.3, 0.4) is 0 Å². The molecule has 0 saturated carbocycles. The summed E-state index contributed by atoms with van der Waals surface area (Å²) in [5.74, 6) is 0. The molecule has 1 aliphatic rings. The average Bonchev–Trinajstić information content (AvgIpc) is 2.19. The molecule has 4 nitrogen and oxygen atoms in total. The zero-order valence-electron chi connectivity index (χ0n) is 8.88. The molecule has 1 aliphatic heterocycles. The van der Waals surface area contributed by atoms with Crippen molar-refractivity contribution in [2.75, 3.05) is 13.2 Å². The van der Waals surface area contributed by atoms with Gasteiger partial charge in [-0.2, -0.15) is 0 Å². The maximum Gasteiger partial charge on any atom is 0.341 e. The predicted octanol–water partition coefficient (Wildman–Crippen LogP) is 1.75. The molecule has 14 heavy (non-hydrogen) atoms. The van der Waals surface area contributed by atoms with Crippen molar-refractivity contribution in [3.8, 4) is 0 Å². The van der Waals surface area contributed by atoms with Crippen molar-refractivity contribution in [2.24, 2.45) is 4.99 Å². The van der Waals surface area contributed by atoms with Crippen molar-refractivity contribution >= 4 is 11.7 Å². The van der Waals surface area contributed by atoms with Crippen LogP contribution in [0.25, 0.3) is 0 Å². The molecule has 0 aromatic carbocycles. The van der Waals surface area contributed by atoms with Crippen LogP contribution in [-0.2, 0) is 4.74 Å². The highest BCUT2D eigenvalue weighted by Crippen LogP contribution is 2.06. The first kappa shape index (κ1) is 11.2. The van der Waals surface area contributed by atoms with Crippen molar-refractivity contribution in [1.82, 2.24) is 5.32 Å². The number of rotatable bonds is 2. The molecule has 0 aliphatic carbocycles. The smallest absolute Gasteiger partial charge is 0.341 e. The lowest BCUT2D eigenvalue weighted by Gasteiger charge is -2.22. The van der Waals surface area contributed by atoms with E-state index in [2.05, 4.69) is 10.3 Å². The van der Waals surface area contributed by atoms with E-state index in [4.69, 9.17) is 4.74 Å². The SMILES string of the molecule is CCC(C)=NC(=O)NC1CCOCC1. The Kier molecular flexibility index (Phi) is 4.59. The summed E-state index contributed by atoms with van der Waals surface area (Å²) in [7, 11) is 0. The maximum atomic E-state index is 11.3. The number of hydrogen-bond acceptors (Lipinski definition) is 2. The molecule has 1 N–H and O–H groups in total. The molecule has 1 fully saturated rings. The molecular weight excluding hydrogens is 180 g/mol. The lowest BCUT2D eigenvalue weighted by atomic mass is 10.1. The highest BCUT2D eigenvalue weighted by Gasteiger charge is 2.15. The van der Waals surface area contributed by atoms with Crippen molar-refractivity contribution in [3.63, 3.8) is 0 Å². The second-order valence-corrected chi connectivity index (χ2v) is 3.54. The quantitative estimate of drug-likeness (QED) is 0.687. The molecule has 80 valence electrons. The summed E-state index contributed by atoms with van der Waals surface area (Å²) in [5.41, 5.74) is 0.870. The van der Waals surface area contributed by atoms with Gasteiger partial charge in [-0.25, -0.2) is 9.79 Å². The Morgan fingerprint density at radius 3 is 2.71 bits per heavy atom. The van der Waals surface area contributed by atoms with Crippen LogP contribution < -0.4 is 5.32 Å². The Hall–Kier alpha value is -0.900. The second kappa shape index (κ2) is 5.75. The van der Waals surface area contributed by atoms with Gasteiger partial charge in [-0.1, -0.05) is 6.92 Å². The summed E-state index contributed by atoms with van der Waals surface area (Å²) in [6.45, 7) is 5.33. The molecule has 1 heterocycles. The summed E-state index contributed by atoms with van der Waals surface area (Å²) in [6.07, 6.45) is 2.61. The molecule has 0 aromatic rings. The maximum absolute atomic E-state index is 11.3. The molecule has 0 radical (unpaired) electrons. The predicted molar refractivity (Wildman–Crippen MR) is 55.8 cm³/mol. The summed E-state index contributed by atoms with van der Waals surface area (Å²) in [4.78, 5) is 15.3. The molecule has 0 unspecified atom stereocenters. The number of nitrogens with one attached hydrogen (secondary N) is 1. The molecular formula is C10H18N2O2. The number of amides is 2. The molecule has 0 atom stereocenters. The van der Waals surface area contributed by atoms with Crippen LogP contribution in [-0.4, -0.2) is 31.0 Å². The molecule has 0 bridgehead atoms. The van der Waals surface area contributed by atoms with Gasteiger partial charge in [0.1, 0.15) is 0 Å². The Balaban J connectivity index is 2.32. The lowest BCUT2D eigenvalue weighted by molar-refractivity contribution is 0.0805. The van der Waals surface area contributed by atoms with E-state index in [0.29, 0.717) is 0 Å². The standard InChI is InChI=1S/C10H18N2O2/c1-3-8(2)11-10(13)12-9-4-6-14-7-5-9/h9H,3-7H2,1-2H3,(H,12,13). The van der Waals surface area contributed by atoms with E-state index >= 15 is 0 Å². The van der Waals surface area contributed by atoms with Crippen molar-refractivity contribution in [3.05, 3.63) is 0 Å². The van der Waals surface area contributed by atoms with E-state index < -0.39 is 0 Å². The first-order valence-electron chi connectivity index (χ1n) is 5.14. The van der Waals surface area contributed by atoms with Gasteiger partial charge in [0.2, 0.25) is 0 Å². The minimum atomic E-state index is -0.212. The van der Waals surface area contributed by atoms with E-state index in [9.17, 15) is 4.79 Å². The monoisotopic (exact) mass is 198 g/mol. The molecule has 2 amide bonds. The van der Waals surface area contributed by atoms with E-state index in [0.717, 1.165) is 38.2 Å². The number of urea groups is 1. The largest absolute Gasteiger partial charge is 0.381 e. The van der Waals surface area contributed by atoms with Gasteiger partial charge in [-0.3, -0.25) is 0 Å². The first-order chi connectivity index (χ1) is 6.72. The summed E-state index contributed by atoms with van der Waals surface area (Å²) < 4.78 is 5.20. The third-order valence-corrected chi connectivity index (χ3v) is 2.35. The third kappa shape index (κ3) is 3.87. The first-order valence-corrected chi connectivity index (χ1v) is 5.14. The molecule has 4 heteroatoms. The van der Waals surface area contributed by atoms with Gasteiger partial charge in [0.25, 0.3) is 0 Å². The van der Waals surface area contributed by atoms with Gasteiger partial charge < -0.3 is 10.1 Å². The average molecular weight is 198 g/mol. The number of nitrogens with zero attached hydrogens (tertiary/aromatic N) is 1. The van der Waals surface area contributed by atoms with E-state index in [1.165, 1.54) is 0 Å². The fourth-order valence-electron chi connectivity index (χ4n) is 1.30. The highest BCUT2D eigenvalue weighted by molar-refractivity contribution is 5.93. The van der Waals surface area contributed by atoms with Gasteiger partial charge in [-0.15, -0.1) is 0 Å². The Labute approximate surface area is 84.7 Å². The van der Waals surface area contributed by atoms with Crippen LogP contribution in [0.4, 0.5) is 4.79 Å². The zero-order valence-corrected chi connectivity index (χ0v) is 8.88. The summed E-state index contributed by atoms with van der Waals surface area (Å²) in [5, 5.41) is 2.88. The summed E-state index contributed by atoms with van der Waals surface area (Å²) >= 11 is 0. The molecule has 1 saturated heterocycles. The van der Waals surface area contributed by atoms with Crippen LogP contribution in [0.2, 0.25) is 0 Å². The van der Waals surface area contributed by atoms with Crippen LogP contribution in [0.5, 0.6) is 0 Å². The van der Waals surface area contributed by atoms with Gasteiger partial charge in [0.15, 0.2) is 0 Å². The fourth-order valence-corrected chi connectivity index (χ4v) is 1.30. The van der Waals surface area contributed by atoms with Gasteiger partial charge in [-0.05, 0) is 26.2 Å². The van der Waals surface area contributed by atoms with Gasteiger partial charge >= 0.3 is 6.03 Å². The number of ether oxygens (including phenoxy) is 1. The van der Waals surface area contributed by atoms with Crippen LogP contribution in [0.1, 0.15) is 33.1 Å². The van der Waals surface area contributed by atoms with E-state index in [1.54, 1.807) is 0 Å². The Bertz CT molecular complexity index is 220.